The summed E-state index contributed by atoms with van der Waals surface area (Å²) in [7, 11) is -4.30. The van der Waals surface area contributed by atoms with Crippen LogP contribution in [0.15, 0.2) is 90.0 Å². The first-order valence-electron chi connectivity index (χ1n) is 10.2. The molecular formula is C24H22N4O4S. The maximum Gasteiger partial charge on any atom is 0.294 e. The Morgan fingerprint density at radius 1 is 0.879 bits per heavy atom. The number of aromatic nitrogens is 2. The molecule has 0 aliphatic heterocycles. The van der Waals surface area contributed by atoms with E-state index in [2.05, 4.69) is 20.6 Å². The lowest BCUT2D eigenvalue weighted by Crippen LogP contribution is -2.05. The van der Waals surface area contributed by atoms with Crippen LogP contribution in [0.25, 0.3) is 0 Å². The number of nitrogens with one attached hydrogen (secondary N) is 2. The Kier molecular flexibility index (Phi) is 6.53. The highest BCUT2D eigenvalue weighted by Gasteiger charge is 2.12. The van der Waals surface area contributed by atoms with Crippen molar-refractivity contribution in [1.82, 2.24) is 9.97 Å². The van der Waals surface area contributed by atoms with Gasteiger partial charge in [-0.25, -0.2) is 4.98 Å². The zero-order valence-electron chi connectivity index (χ0n) is 17.8. The van der Waals surface area contributed by atoms with Crippen molar-refractivity contribution in [2.24, 2.45) is 0 Å². The molecular weight excluding hydrogens is 440 g/mol. The molecule has 9 heteroatoms. The Hall–Kier alpha value is -3.95. The highest BCUT2D eigenvalue weighted by atomic mass is 32.2. The fraction of sp³-hybridized carbons (Fsp3) is 0.0833. The van der Waals surface area contributed by atoms with Crippen molar-refractivity contribution in [3.8, 4) is 11.5 Å². The molecule has 0 bridgehead atoms. The van der Waals surface area contributed by atoms with Gasteiger partial charge in [-0.1, -0.05) is 31.2 Å². The van der Waals surface area contributed by atoms with E-state index >= 15 is 0 Å². The quantitative estimate of drug-likeness (QED) is 0.292. The molecule has 1 heterocycles. The number of para-hydroxylation sites is 1. The number of hydrogen-bond donors (Lipinski definition) is 3. The lowest BCUT2D eigenvalue weighted by Gasteiger charge is -2.13. The highest BCUT2D eigenvalue weighted by Crippen LogP contribution is 2.26. The number of hydrogen-bond acceptors (Lipinski definition) is 7. The van der Waals surface area contributed by atoms with Gasteiger partial charge < -0.3 is 15.4 Å². The maximum absolute atomic E-state index is 11.4. The second kappa shape index (κ2) is 9.68. The van der Waals surface area contributed by atoms with Crippen LogP contribution in [0.4, 0.5) is 23.1 Å². The summed E-state index contributed by atoms with van der Waals surface area (Å²) in [6, 6.07) is 22.8. The number of rotatable bonds is 8. The minimum Gasteiger partial charge on any atom is -0.457 e. The number of aryl methyl sites for hydroxylation is 1. The summed E-state index contributed by atoms with van der Waals surface area (Å²) in [5.41, 5.74) is 2.11. The van der Waals surface area contributed by atoms with Gasteiger partial charge in [0.25, 0.3) is 10.1 Å². The van der Waals surface area contributed by atoms with Crippen molar-refractivity contribution in [2.75, 3.05) is 10.6 Å². The molecule has 0 aliphatic carbocycles. The first kappa shape index (κ1) is 22.3. The summed E-state index contributed by atoms with van der Waals surface area (Å²) in [6.07, 6.45) is 2.38. The van der Waals surface area contributed by atoms with Gasteiger partial charge >= 0.3 is 0 Å². The molecule has 0 saturated heterocycles. The van der Waals surface area contributed by atoms with Crippen LogP contribution >= 0.6 is 0 Å². The van der Waals surface area contributed by atoms with Crippen molar-refractivity contribution < 1.29 is 17.7 Å². The molecule has 168 valence electrons. The molecule has 0 saturated carbocycles. The summed E-state index contributed by atoms with van der Waals surface area (Å²) in [6.45, 7) is 1.97. The predicted octanol–water partition coefficient (Wildman–Crippen LogP) is 5.57. The van der Waals surface area contributed by atoms with E-state index in [0.29, 0.717) is 29.6 Å². The summed E-state index contributed by atoms with van der Waals surface area (Å²) in [4.78, 5) is 8.71. The van der Waals surface area contributed by atoms with Gasteiger partial charge in [0.05, 0.1) is 4.90 Å². The summed E-state index contributed by atoms with van der Waals surface area (Å²) in [5.74, 6) is 2.37. The molecule has 0 unspecified atom stereocenters. The standard InChI is InChI=1S/C24H22N4O4S/c1-2-17-16-25-24(28-23(17)26-19-7-6-10-22(15-19)33(29,30)31)27-18-11-13-21(14-12-18)32-20-8-4-3-5-9-20/h3-16H,2H2,1H3,(H,29,30,31)(H2,25,26,27,28). The van der Waals surface area contributed by atoms with E-state index in [4.69, 9.17) is 4.74 Å². The Morgan fingerprint density at radius 2 is 1.61 bits per heavy atom. The first-order valence-corrected chi connectivity index (χ1v) is 11.7. The van der Waals surface area contributed by atoms with Crippen molar-refractivity contribution in [3.05, 3.63) is 90.6 Å². The van der Waals surface area contributed by atoms with Crippen LogP contribution in [0.1, 0.15) is 12.5 Å². The van der Waals surface area contributed by atoms with Gasteiger partial charge in [0, 0.05) is 23.1 Å². The van der Waals surface area contributed by atoms with Gasteiger partial charge in [0.15, 0.2) is 0 Å². The molecule has 0 amide bonds. The molecule has 3 N–H and O–H groups in total. The van der Waals surface area contributed by atoms with E-state index in [1.807, 2.05) is 61.5 Å². The van der Waals surface area contributed by atoms with Gasteiger partial charge in [0.1, 0.15) is 17.3 Å². The van der Waals surface area contributed by atoms with Gasteiger partial charge in [-0.05, 0) is 61.0 Å². The summed E-state index contributed by atoms with van der Waals surface area (Å²) >= 11 is 0. The molecule has 0 atom stereocenters. The van der Waals surface area contributed by atoms with E-state index in [0.717, 1.165) is 17.0 Å². The van der Waals surface area contributed by atoms with Crippen LogP contribution < -0.4 is 15.4 Å². The van der Waals surface area contributed by atoms with E-state index in [9.17, 15) is 13.0 Å². The lowest BCUT2D eigenvalue weighted by atomic mass is 10.2. The van der Waals surface area contributed by atoms with Crippen LogP contribution in [0, 0.1) is 0 Å². The first-order chi connectivity index (χ1) is 15.9. The Bertz CT molecular complexity index is 1340. The third kappa shape index (κ3) is 5.85. The second-order valence-electron chi connectivity index (χ2n) is 7.11. The topological polar surface area (TPSA) is 113 Å². The molecule has 0 radical (unpaired) electrons. The predicted molar refractivity (Wildman–Crippen MR) is 127 cm³/mol. The third-order valence-electron chi connectivity index (χ3n) is 4.73. The van der Waals surface area contributed by atoms with Crippen molar-refractivity contribution >= 4 is 33.3 Å². The van der Waals surface area contributed by atoms with Crippen molar-refractivity contribution in [3.63, 3.8) is 0 Å². The fourth-order valence-corrected chi connectivity index (χ4v) is 3.59. The SMILES string of the molecule is CCc1cnc(Nc2ccc(Oc3ccccc3)cc2)nc1Nc1cccc(S(=O)(=O)O)c1. The van der Waals surface area contributed by atoms with Gasteiger partial charge in [-0.15, -0.1) is 0 Å². The molecule has 0 aliphatic rings. The normalized spacial score (nSPS) is 11.1. The van der Waals surface area contributed by atoms with E-state index in [1.54, 1.807) is 12.3 Å². The number of anilines is 4. The van der Waals surface area contributed by atoms with Crippen LogP contribution in [0.5, 0.6) is 11.5 Å². The Morgan fingerprint density at radius 3 is 2.30 bits per heavy atom. The smallest absolute Gasteiger partial charge is 0.294 e. The van der Waals surface area contributed by atoms with Crippen LogP contribution in [-0.4, -0.2) is 22.9 Å². The Balaban J connectivity index is 1.51. The van der Waals surface area contributed by atoms with Gasteiger partial charge in [-0.2, -0.15) is 13.4 Å². The van der Waals surface area contributed by atoms with E-state index in [1.165, 1.54) is 18.2 Å². The second-order valence-corrected chi connectivity index (χ2v) is 8.53. The van der Waals surface area contributed by atoms with Crippen molar-refractivity contribution in [2.45, 2.75) is 18.2 Å². The molecule has 4 aromatic rings. The molecule has 1 aromatic heterocycles. The average molecular weight is 463 g/mol. The molecule has 0 fully saturated rings. The van der Waals surface area contributed by atoms with Crippen molar-refractivity contribution in [1.29, 1.82) is 0 Å². The highest BCUT2D eigenvalue weighted by molar-refractivity contribution is 7.85. The molecule has 8 nitrogen and oxygen atoms in total. The minimum atomic E-state index is -4.30. The molecule has 4 rings (SSSR count). The number of nitrogens with zero attached hydrogens (tertiary/aromatic N) is 2. The zero-order chi connectivity index (χ0) is 23.3. The average Bonchev–Trinajstić information content (AvgIpc) is 2.81. The zero-order valence-corrected chi connectivity index (χ0v) is 18.6. The maximum atomic E-state index is 11.4. The number of benzene rings is 3. The van der Waals surface area contributed by atoms with E-state index < -0.39 is 10.1 Å². The third-order valence-corrected chi connectivity index (χ3v) is 5.58. The van der Waals surface area contributed by atoms with Crippen LogP contribution in [0.2, 0.25) is 0 Å². The number of ether oxygens (including phenoxy) is 1. The van der Waals surface area contributed by atoms with Gasteiger partial charge in [0.2, 0.25) is 5.95 Å². The van der Waals surface area contributed by atoms with E-state index in [-0.39, 0.29) is 4.90 Å². The summed E-state index contributed by atoms with van der Waals surface area (Å²) in [5, 5.41) is 6.27. The largest absolute Gasteiger partial charge is 0.457 e. The molecule has 0 spiro atoms. The summed E-state index contributed by atoms with van der Waals surface area (Å²) < 4.78 is 37.9. The molecule has 33 heavy (non-hydrogen) atoms. The lowest BCUT2D eigenvalue weighted by molar-refractivity contribution is 0.482. The van der Waals surface area contributed by atoms with Gasteiger partial charge in [-0.3, -0.25) is 4.55 Å². The Labute approximate surface area is 192 Å². The monoisotopic (exact) mass is 462 g/mol. The van der Waals surface area contributed by atoms with Crippen LogP contribution in [-0.2, 0) is 16.5 Å². The fourth-order valence-electron chi connectivity index (χ4n) is 3.07. The minimum absolute atomic E-state index is 0.198. The van der Waals surface area contributed by atoms with Crippen LogP contribution in [0.3, 0.4) is 0 Å². The molecule has 3 aromatic carbocycles.